The van der Waals surface area contributed by atoms with E-state index >= 15 is 0 Å². The van der Waals surface area contributed by atoms with Gasteiger partial charge in [-0.1, -0.05) is 12.1 Å². The van der Waals surface area contributed by atoms with Crippen molar-refractivity contribution in [1.82, 2.24) is 15.5 Å². The molecule has 0 amide bonds. The van der Waals surface area contributed by atoms with E-state index in [1.54, 1.807) is 0 Å². The number of rotatable bonds is 4. The van der Waals surface area contributed by atoms with Crippen LogP contribution in [0.4, 0.5) is 0 Å². The number of nitrogens with zero attached hydrogens (tertiary/aromatic N) is 2. The van der Waals surface area contributed by atoms with Gasteiger partial charge in [-0.2, -0.15) is 4.98 Å². The van der Waals surface area contributed by atoms with E-state index in [4.69, 9.17) is 4.52 Å². The molecular weight excluding hydrogens is 190 g/mol. The summed E-state index contributed by atoms with van der Waals surface area (Å²) >= 11 is 0. The molecular formula is C11H19N3O. The predicted molar refractivity (Wildman–Crippen MR) is 57.6 cm³/mol. The Morgan fingerprint density at radius 3 is 3.13 bits per heavy atom. The predicted octanol–water partition coefficient (Wildman–Crippen LogP) is 1.56. The molecule has 2 heterocycles. The van der Waals surface area contributed by atoms with Gasteiger partial charge in [0.1, 0.15) is 0 Å². The molecule has 15 heavy (non-hydrogen) atoms. The molecule has 0 aliphatic carbocycles. The second-order valence-corrected chi connectivity index (χ2v) is 4.21. The molecule has 1 saturated heterocycles. The van der Waals surface area contributed by atoms with Crippen LogP contribution in [-0.2, 0) is 12.8 Å². The van der Waals surface area contributed by atoms with Crippen LogP contribution in [0.2, 0.25) is 0 Å². The lowest BCUT2D eigenvalue weighted by atomic mass is 9.95. The van der Waals surface area contributed by atoms with Crippen molar-refractivity contribution in [3.8, 4) is 0 Å². The molecule has 84 valence electrons. The van der Waals surface area contributed by atoms with E-state index in [2.05, 4.69) is 15.5 Å². The molecule has 0 bridgehead atoms. The second kappa shape index (κ2) is 5.26. The van der Waals surface area contributed by atoms with Crippen LogP contribution >= 0.6 is 0 Å². The fourth-order valence-corrected chi connectivity index (χ4v) is 2.03. The van der Waals surface area contributed by atoms with Crippen LogP contribution in [0.5, 0.6) is 0 Å². The number of hydrogen-bond donors (Lipinski definition) is 1. The van der Waals surface area contributed by atoms with Gasteiger partial charge in [0.2, 0.25) is 5.89 Å². The van der Waals surface area contributed by atoms with Crippen LogP contribution in [0, 0.1) is 5.92 Å². The molecule has 0 spiro atoms. The highest BCUT2D eigenvalue weighted by molar-refractivity contribution is 4.86. The average molecular weight is 209 g/mol. The molecule has 1 N–H and O–H groups in total. The highest BCUT2D eigenvalue weighted by Gasteiger charge is 2.14. The van der Waals surface area contributed by atoms with E-state index in [1.807, 2.05) is 6.92 Å². The van der Waals surface area contributed by atoms with Gasteiger partial charge in [0, 0.05) is 12.8 Å². The van der Waals surface area contributed by atoms with Gasteiger partial charge in [0.25, 0.3) is 0 Å². The third-order valence-corrected chi connectivity index (χ3v) is 2.99. The number of hydrogen-bond acceptors (Lipinski definition) is 4. The van der Waals surface area contributed by atoms with Gasteiger partial charge in [-0.3, -0.25) is 0 Å². The van der Waals surface area contributed by atoms with Gasteiger partial charge in [0.05, 0.1) is 0 Å². The van der Waals surface area contributed by atoms with Crippen LogP contribution < -0.4 is 5.32 Å². The van der Waals surface area contributed by atoms with Gasteiger partial charge in [-0.15, -0.1) is 0 Å². The van der Waals surface area contributed by atoms with E-state index < -0.39 is 0 Å². The lowest BCUT2D eigenvalue weighted by molar-refractivity contribution is 0.326. The Hall–Kier alpha value is -0.900. The Morgan fingerprint density at radius 1 is 1.53 bits per heavy atom. The third-order valence-electron chi connectivity index (χ3n) is 2.99. The second-order valence-electron chi connectivity index (χ2n) is 4.21. The normalized spacial score (nSPS) is 21.8. The molecule has 1 aliphatic heterocycles. The minimum Gasteiger partial charge on any atom is -0.339 e. The Bertz CT molecular complexity index is 292. The largest absolute Gasteiger partial charge is 0.339 e. The van der Waals surface area contributed by atoms with E-state index in [0.717, 1.165) is 37.0 Å². The molecule has 1 unspecified atom stereocenters. The maximum atomic E-state index is 5.17. The van der Waals surface area contributed by atoms with E-state index in [0.29, 0.717) is 0 Å². The van der Waals surface area contributed by atoms with Crippen molar-refractivity contribution in [3.63, 3.8) is 0 Å². The fourth-order valence-electron chi connectivity index (χ4n) is 2.03. The van der Waals surface area contributed by atoms with Gasteiger partial charge in [-0.05, 0) is 38.3 Å². The quantitative estimate of drug-likeness (QED) is 0.817. The van der Waals surface area contributed by atoms with Crippen molar-refractivity contribution in [2.75, 3.05) is 13.1 Å². The molecule has 4 heteroatoms. The topological polar surface area (TPSA) is 51.0 Å². The summed E-state index contributed by atoms with van der Waals surface area (Å²) < 4.78 is 5.17. The lowest BCUT2D eigenvalue weighted by Gasteiger charge is -2.21. The smallest absolute Gasteiger partial charge is 0.226 e. The highest BCUT2D eigenvalue weighted by atomic mass is 16.5. The van der Waals surface area contributed by atoms with Crippen LogP contribution in [0.15, 0.2) is 4.52 Å². The number of nitrogens with one attached hydrogen (secondary N) is 1. The SMILES string of the molecule is CCc1noc(CCC2CCCNC2)n1. The molecule has 4 nitrogen and oxygen atoms in total. The summed E-state index contributed by atoms with van der Waals surface area (Å²) in [5.74, 6) is 2.42. The minimum absolute atomic E-state index is 0.788. The third kappa shape index (κ3) is 3.02. The summed E-state index contributed by atoms with van der Waals surface area (Å²) in [5, 5.41) is 7.32. The van der Waals surface area contributed by atoms with Crippen molar-refractivity contribution in [2.24, 2.45) is 5.92 Å². The number of aromatic nitrogens is 2. The van der Waals surface area contributed by atoms with Crippen LogP contribution in [0.3, 0.4) is 0 Å². The molecule has 0 saturated carbocycles. The zero-order valence-corrected chi connectivity index (χ0v) is 9.33. The maximum absolute atomic E-state index is 5.17. The fraction of sp³-hybridized carbons (Fsp3) is 0.818. The zero-order chi connectivity index (χ0) is 10.5. The molecule has 1 aliphatic rings. The lowest BCUT2D eigenvalue weighted by Crippen LogP contribution is -2.29. The van der Waals surface area contributed by atoms with Crippen LogP contribution in [0.25, 0.3) is 0 Å². The minimum atomic E-state index is 0.788. The molecule has 1 aromatic rings. The summed E-state index contributed by atoms with van der Waals surface area (Å²) in [5.41, 5.74) is 0. The molecule has 0 radical (unpaired) electrons. The van der Waals surface area contributed by atoms with Crippen molar-refractivity contribution in [1.29, 1.82) is 0 Å². The highest BCUT2D eigenvalue weighted by Crippen LogP contribution is 2.16. The first-order chi connectivity index (χ1) is 7.38. The Labute approximate surface area is 90.4 Å². The van der Waals surface area contributed by atoms with Crippen molar-refractivity contribution >= 4 is 0 Å². The molecule has 1 aromatic heterocycles. The number of aryl methyl sites for hydroxylation is 2. The average Bonchev–Trinajstić information content (AvgIpc) is 2.76. The van der Waals surface area contributed by atoms with Crippen molar-refractivity contribution in [3.05, 3.63) is 11.7 Å². The van der Waals surface area contributed by atoms with Gasteiger partial charge < -0.3 is 9.84 Å². The molecule has 0 aromatic carbocycles. The summed E-state index contributed by atoms with van der Waals surface area (Å²) in [6.07, 6.45) is 5.59. The summed E-state index contributed by atoms with van der Waals surface area (Å²) in [4.78, 5) is 4.31. The Kier molecular flexibility index (Phi) is 3.72. The Morgan fingerprint density at radius 2 is 2.47 bits per heavy atom. The summed E-state index contributed by atoms with van der Waals surface area (Å²) in [6.45, 7) is 4.37. The van der Waals surface area contributed by atoms with Crippen molar-refractivity contribution in [2.45, 2.75) is 39.0 Å². The summed E-state index contributed by atoms with van der Waals surface area (Å²) in [6, 6.07) is 0. The van der Waals surface area contributed by atoms with Gasteiger partial charge in [0.15, 0.2) is 5.82 Å². The molecule has 1 fully saturated rings. The van der Waals surface area contributed by atoms with Gasteiger partial charge >= 0.3 is 0 Å². The van der Waals surface area contributed by atoms with E-state index in [9.17, 15) is 0 Å². The van der Waals surface area contributed by atoms with Crippen LogP contribution in [0.1, 0.15) is 37.9 Å². The molecule has 1 atom stereocenters. The number of piperidine rings is 1. The Balaban J connectivity index is 1.76. The first kappa shape index (κ1) is 10.6. The summed E-state index contributed by atoms with van der Waals surface area (Å²) in [7, 11) is 0. The van der Waals surface area contributed by atoms with Crippen LogP contribution in [-0.4, -0.2) is 23.2 Å². The first-order valence-corrected chi connectivity index (χ1v) is 5.90. The standard InChI is InChI=1S/C11H19N3O/c1-2-10-13-11(15-14-10)6-5-9-4-3-7-12-8-9/h9,12H,2-8H2,1H3. The molecule has 2 rings (SSSR count). The van der Waals surface area contributed by atoms with E-state index in [-0.39, 0.29) is 0 Å². The van der Waals surface area contributed by atoms with E-state index in [1.165, 1.54) is 25.8 Å². The van der Waals surface area contributed by atoms with Crippen molar-refractivity contribution < 1.29 is 4.52 Å². The monoisotopic (exact) mass is 209 g/mol. The maximum Gasteiger partial charge on any atom is 0.226 e. The zero-order valence-electron chi connectivity index (χ0n) is 9.33. The van der Waals surface area contributed by atoms with Gasteiger partial charge in [-0.25, -0.2) is 0 Å². The first-order valence-electron chi connectivity index (χ1n) is 5.90.